The molecule has 0 bridgehead atoms. The highest BCUT2D eigenvalue weighted by molar-refractivity contribution is 7.98. The SMILES string of the molecule is O=C(Nc1cccc(Oc2ccncc2)c1)c1n[nH]c2c1CSCC2. The number of benzene rings is 1. The van der Waals surface area contributed by atoms with Crippen LogP contribution in [0.5, 0.6) is 11.5 Å². The summed E-state index contributed by atoms with van der Waals surface area (Å²) in [4.78, 5) is 16.5. The maximum absolute atomic E-state index is 12.6. The lowest BCUT2D eigenvalue weighted by molar-refractivity contribution is 0.102. The van der Waals surface area contributed by atoms with Crippen LogP contribution in [0, 0.1) is 0 Å². The Hall–Kier alpha value is -2.80. The van der Waals surface area contributed by atoms with E-state index in [1.807, 2.05) is 30.0 Å². The number of nitrogens with one attached hydrogen (secondary N) is 2. The molecular weight excluding hydrogens is 336 g/mol. The van der Waals surface area contributed by atoms with Crippen molar-refractivity contribution in [2.45, 2.75) is 12.2 Å². The number of H-pyrrole nitrogens is 1. The van der Waals surface area contributed by atoms with E-state index in [2.05, 4.69) is 20.5 Å². The van der Waals surface area contributed by atoms with Crippen molar-refractivity contribution in [2.75, 3.05) is 11.1 Å². The van der Waals surface area contributed by atoms with Gasteiger partial charge < -0.3 is 10.1 Å². The fourth-order valence-electron chi connectivity index (χ4n) is 2.67. The number of aromatic amines is 1. The van der Waals surface area contributed by atoms with Crippen LogP contribution in [0.4, 0.5) is 5.69 Å². The van der Waals surface area contributed by atoms with Gasteiger partial charge in [-0.2, -0.15) is 16.9 Å². The van der Waals surface area contributed by atoms with Gasteiger partial charge in [-0.05, 0) is 36.4 Å². The number of ether oxygens (including phenoxy) is 1. The topological polar surface area (TPSA) is 79.9 Å². The summed E-state index contributed by atoms with van der Waals surface area (Å²) in [6, 6.07) is 10.8. The highest BCUT2D eigenvalue weighted by atomic mass is 32.2. The number of hydrogen-bond donors (Lipinski definition) is 2. The number of carbonyl (C=O) groups excluding carboxylic acids is 1. The van der Waals surface area contributed by atoms with Gasteiger partial charge in [0.05, 0.1) is 0 Å². The average Bonchev–Trinajstić information content (AvgIpc) is 3.07. The average molecular weight is 352 g/mol. The zero-order valence-electron chi connectivity index (χ0n) is 13.4. The number of thioether (sulfide) groups is 1. The van der Waals surface area contributed by atoms with Crippen LogP contribution in [-0.2, 0) is 12.2 Å². The standard InChI is InChI=1S/C18H16N4O2S/c23-18(17-15-11-25-9-6-16(15)21-22-17)20-12-2-1-3-14(10-12)24-13-4-7-19-8-5-13/h1-5,7-8,10H,6,9,11H2,(H,20,23)(H,21,22). The van der Waals surface area contributed by atoms with E-state index in [0.29, 0.717) is 22.9 Å². The minimum Gasteiger partial charge on any atom is -0.457 e. The molecule has 0 atom stereocenters. The predicted octanol–water partition coefficient (Wildman–Crippen LogP) is 3.64. The van der Waals surface area contributed by atoms with Gasteiger partial charge in [-0.25, -0.2) is 0 Å². The van der Waals surface area contributed by atoms with Crippen LogP contribution in [-0.4, -0.2) is 26.8 Å². The Labute approximate surface area is 149 Å². The van der Waals surface area contributed by atoms with E-state index in [1.54, 1.807) is 30.6 Å². The summed E-state index contributed by atoms with van der Waals surface area (Å²) in [5.74, 6) is 3.01. The molecule has 1 amide bonds. The van der Waals surface area contributed by atoms with Gasteiger partial charge in [-0.15, -0.1) is 0 Å². The van der Waals surface area contributed by atoms with Gasteiger partial charge in [0, 0.05) is 41.2 Å². The molecule has 3 aromatic rings. The molecule has 4 rings (SSSR count). The molecule has 0 spiro atoms. The molecule has 25 heavy (non-hydrogen) atoms. The lowest BCUT2D eigenvalue weighted by Crippen LogP contribution is -2.15. The van der Waals surface area contributed by atoms with Crippen molar-refractivity contribution in [3.63, 3.8) is 0 Å². The molecular formula is C18H16N4O2S. The zero-order valence-corrected chi connectivity index (χ0v) is 14.2. The summed E-state index contributed by atoms with van der Waals surface area (Å²) < 4.78 is 5.77. The lowest BCUT2D eigenvalue weighted by atomic mass is 10.1. The zero-order chi connectivity index (χ0) is 17.1. The molecule has 0 saturated heterocycles. The van der Waals surface area contributed by atoms with Crippen LogP contribution in [0.25, 0.3) is 0 Å². The minimum atomic E-state index is -0.207. The van der Waals surface area contributed by atoms with Gasteiger partial charge in [0.15, 0.2) is 5.69 Å². The second-order valence-corrected chi connectivity index (χ2v) is 6.70. The smallest absolute Gasteiger partial charge is 0.276 e. The number of pyridine rings is 1. The Bertz CT molecular complexity index is 895. The lowest BCUT2D eigenvalue weighted by Gasteiger charge is -2.11. The van der Waals surface area contributed by atoms with Crippen molar-refractivity contribution in [3.05, 3.63) is 65.7 Å². The molecule has 126 valence electrons. The Morgan fingerprint density at radius 3 is 2.96 bits per heavy atom. The molecule has 0 unspecified atom stereocenters. The van der Waals surface area contributed by atoms with E-state index < -0.39 is 0 Å². The Morgan fingerprint density at radius 1 is 1.20 bits per heavy atom. The van der Waals surface area contributed by atoms with Crippen molar-refractivity contribution in [2.24, 2.45) is 0 Å². The third kappa shape index (κ3) is 3.51. The van der Waals surface area contributed by atoms with Crippen LogP contribution in [0.1, 0.15) is 21.7 Å². The Balaban J connectivity index is 1.50. The van der Waals surface area contributed by atoms with Crippen LogP contribution < -0.4 is 10.1 Å². The third-order valence-electron chi connectivity index (χ3n) is 3.89. The molecule has 0 radical (unpaired) electrons. The van der Waals surface area contributed by atoms with Gasteiger partial charge in [-0.3, -0.25) is 14.9 Å². The van der Waals surface area contributed by atoms with E-state index in [1.165, 1.54) is 0 Å². The van der Waals surface area contributed by atoms with Crippen LogP contribution >= 0.6 is 11.8 Å². The molecule has 0 aliphatic carbocycles. The van der Waals surface area contributed by atoms with Crippen LogP contribution in [0.3, 0.4) is 0 Å². The van der Waals surface area contributed by atoms with Gasteiger partial charge in [-0.1, -0.05) is 6.07 Å². The minimum absolute atomic E-state index is 0.207. The highest BCUT2D eigenvalue weighted by Gasteiger charge is 2.22. The summed E-state index contributed by atoms with van der Waals surface area (Å²) in [7, 11) is 0. The molecule has 0 fully saturated rings. The first-order chi connectivity index (χ1) is 12.3. The Kier molecular flexibility index (Phi) is 4.39. The number of nitrogens with zero attached hydrogens (tertiary/aromatic N) is 2. The highest BCUT2D eigenvalue weighted by Crippen LogP contribution is 2.27. The monoisotopic (exact) mass is 352 g/mol. The number of rotatable bonds is 4. The normalized spacial score (nSPS) is 13.1. The summed E-state index contributed by atoms with van der Waals surface area (Å²) in [5.41, 5.74) is 3.22. The quantitative estimate of drug-likeness (QED) is 0.749. The molecule has 1 aromatic carbocycles. The van der Waals surface area contributed by atoms with Crippen LogP contribution in [0.2, 0.25) is 0 Å². The van der Waals surface area contributed by atoms with E-state index in [-0.39, 0.29) is 5.91 Å². The van der Waals surface area contributed by atoms with E-state index in [0.717, 1.165) is 29.2 Å². The molecule has 2 N–H and O–H groups in total. The van der Waals surface area contributed by atoms with Gasteiger partial charge in [0.25, 0.3) is 5.91 Å². The third-order valence-corrected chi connectivity index (χ3v) is 4.87. The van der Waals surface area contributed by atoms with Crippen molar-refractivity contribution >= 4 is 23.4 Å². The molecule has 2 aromatic heterocycles. The maximum Gasteiger partial charge on any atom is 0.276 e. The number of anilines is 1. The van der Waals surface area contributed by atoms with Crippen molar-refractivity contribution < 1.29 is 9.53 Å². The van der Waals surface area contributed by atoms with Gasteiger partial charge >= 0.3 is 0 Å². The van der Waals surface area contributed by atoms with Crippen molar-refractivity contribution in [1.82, 2.24) is 15.2 Å². The molecule has 6 nitrogen and oxygen atoms in total. The molecule has 1 aliphatic heterocycles. The number of amides is 1. The molecule has 0 saturated carbocycles. The maximum atomic E-state index is 12.6. The van der Waals surface area contributed by atoms with Crippen molar-refractivity contribution in [3.8, 4) is 11.5 Å². The van der Waals surface area contributed by atoms with E-state index in [4.69, 9.17) is 4.74 Å². The molecule has 1 aliphatic rings. The molecule has 3 heterocycles. The number of hydrogen-bond acceptors (Lipinski definition) is 5. The van der Waals surface area contributed by atoms with Gasteiger partial charge in [0.2, 0.25) is 0 Å². The first-order valence-electron chi connectivity index (χ1n) is 7.93. The van der Waals surface area contributed by atoms with Crippen molar-refractivity contribution in [1.29, 1.82) is 0 Å². The fourth-order valence-corrected chi connectivity index (χ4v) is 3.68. The predicted molar refractivity (Wildman–Crippen MR) is 97.2 cm³/mol. The number of fused-ring (bicyclic) bond motifs is 1. The summed E-state index contributed by atoms with van der Waals surface area (Å²) >= 11 is 1.82. The van der Waals surface area contributed by atoms with E-state index >= 15 is 0 Å². The largest absolute Gasteiger partial charge is 0.457 e. The molecule has 7 heteroatoms. The van der Waals surface area contributed by atoms with Gasteiger partial charge in [0.1, 0.15) is 11.5 Å². The summed E-state index contributed by atoms with van der Waals surface area (Å²) in [5, 5.41) is 10.1. The second kappa shape index (κ2) is 6.98. The van der Waals surface area contributed by atoms with Crippen LogP contribution in [0.15, 0.2) is 48.8 Å². The first-order valence-corrected chi connectivity index (χ1v) is 9.08. The number of carbonyl (C=O) groups is 1. The Morgan fingerprint density at radius 2 is 2.08 bits per heavy atom. The number of aryl methyl sites for hydroxylation is 1. The fraction of sp³-hybridized carbons (Fsp3) is 0.167. The first kappa shape index (κ1) is 15.7. The number of aromatic nitrogens is 3. The second-order valence-electron chi connectivity index (χ2n) is 5.60. The summed E-state index contributed by atoms with van der Waals surface area (Å²) in [6.45, 7) is 0. The van der Waals surface area contributed by atoms with E-state index in [9.17, 15) is 4.79 Å². The summed E-state index contributed by atoms with van der Waals surface area (Å²) in [6.07, 6.45) is 4.26.